The first-order chi connectivity index (χ1) is 10.5. The highest BCUT2D eigenvalue weighted by atomic mass is 35.5. The van der Waals surface area contributed by atoms with Crippen molar-refractivity contribution in [1.29, 1.82) is 0 Å². The van der Waals surface area contributed by atoms with E-state index in [9.17, 15) is 9.59 Å². The van der Waals surface area contributed by atoms with Gasteiger partial charge in [0.25, 0.3) is 0 Å². The second-order valence-electron chi connectivity index (χ2n) is 6.54. The Kier molecular flexibility index (Phi) is 4.13. The molecule has 0 radical (unpaired) electrons. The van der Waals surface area contributed by atoms with Crippen molar-refractivity contribution in [2.45, 2.75) is 32.6 Å². The molecule has 1 aromatic carbocycles. The van der Waals surface area contributed by atoms with Gasteiger partial charge in [0.05, 0.1) is 0 Å². The van der Waals surface area contributed by atoms with Crippen molar-refractivity contribution in [3.8, 4) is 0 Å². The number of carbonyl (C=O) groups excluding carboxylic acids is 2. The molecule has 1 N–H and O–H groups in total. The van der Waals surface area contributed by atoms with Crippen molar-refractivity contribution in [3.63, 3.8) is 0 Å². The summed E-state index contributed by atoms with van der Waals surface area (Å²) in [5.74, 6) is 0.344. The number of likely N-dealkylation sites (tertiary alicyclic amines) is 1. The summed E-state index contributed by atoms with van der Waals surface area (Å²) < 4.78 is 0. The average molecular weight is 321 g/mol. The molecule has 1 saturated heterocycles. The number of piperidine rings is 1. The van der Waals surface area contributed by atoms with Gasteiger partial charge in [0.2, 0.25) is 11.8 Å². The molecule has 0 bridgehead atoms. The van der Waals surface area contributed by atoms with E-state index in [-0.39, 0.29) is 11.8 Å². The molecule has 1 atom stereocenters. The van der Waals surface area contributed by atoms with Gasteiger partial charge >= 0.3 is 0 Å². The number of amides is 2. The molecule has 2 aliphatic rings. The van der Waals surface area contributed by atoms with E-state index in [2.05, 4.69) is 12.2 Å². The van der Waals surface area contributed by atoms with Crippen molar-refractivity contribution in [3.05, 3.63) is 29.3 Å². The van der Waals surface area contributed by atoms with Crippen LogP contribution in [0.4, 0.5) is 5.69 Å². The lowest BCUT2D eigenvalue weighted by molar-refractivity contribution is -0.143. The Morgan fingerprint density at radius 3 is 2.55 bits per heavy atom. The van der Waals surface area contributed by atoms with Crippen LogP contribution in [0.5, 0.6) is 0 Å². The van der Waals surface area contributed by atoms with E-state index in [1.54, 1.807) is 24.3 Å². The number of anilines is 1. The van der Waals surface area contributed by atoms with Crippen LogP contribution in [0.15, 0.2) is 24.3 Å². The third-order valence-electron chi connectivity index (χ3n) is 4.64. The number of hydrogen-bond donors (Lipinski definition) is 1. The summed E-state index contributed by atoms with van der Waals surface area (Å²) in [6.07, 6.45) is 3.49. The molecule has 1 aliphatic carbocycles. The molecule has 3 rings (SSSR count). The summed E-state index contributed by atoms with van der Waals surface area (Å²) in [5.41, 5.74) is -0.156. The standard InChI is InChI=1S/C17H21ClN2O2/c1-12-3-2-10-20(11-12)16(22)17(8-9-17)15(21)19-14-6-4-13(18)5-7-14/h4-7,12H,2-3,8-11H2,1H3,(H,19,21). The number of carbonyl (C=O) groups is 2. The minimum atomic E-state index is -0.837. The van der Waals surface area contributed by atoms with E-state index in [0.717, 1.165) is 25.9 Å². The fourth-order valence-electron chi connectivity index (χ4n) is 3.12. The van der Waals surface area contributed by atoms with Gasteiger partial charge in [0.15, 0.2) is 0 Å². The van der Waals surface area contributed by atoms with Gasteiger partial charge in [-0.1, -0.05) is 18.5 Å². The maximum Gasteiger partial charge on any atom is 0.240 e. The van der Waals surface area contributed by atoms with Gasteiger partial charge in [0.1, 0.15) is 5.41 Å². The topological polar surface area (TPSA) is 49.4 Å². The van der Waals surface area contributed by atoms with Crippen molar-refractivity contribution in [1.82, 2.24) is 4.90 Å². The zero-order chi connectivity index (χ0) is 15.7. The number of nitrogens with one attached hydrogen (secondary N) is 1. The van der Waals surface area contributed by atoms with E-state index >= 15 is 0 Å². The Morgan fingerprint density at radius 1 is 1.27 bits per heavy atom. The van der Waals surface area contributed by atoms with Crippen LogP contribution >= 0.6 is 11.6 Å². The fourth-order valence-corrected chi connectivity index (χ4v) is 3.25. The molecule has 5 heteroatoms. The Labute approximate surface area is 135 Å². The Balaban J connectivity index is 1.68. The molecule has 1 saturated carbocycles. The highest BCUT2D eigenvalue weighted by molar-refractivity contribution is 6.30. The Hall–Kier alpha value is -1.55. The van der Waals surface area contributed by atoms with Crippen molar-refractivity contribution in [2.75, 3.05) is 18.4 Å². The molecule has 22 heavy (non-hydrogen) atoms. The molecule has 1 unspecified atom stereocenters. The first-order valence-corrected chi connectivity index (χ1v) is 8.25. The summed E-state index contributed by atoms with van der Waals surface area (Å²) in [6.45, 7) is 3.71. The summed E-state index contributed by atoms with van der Waals surface area (Å²) in [5, 5.41) is 3.48. The molecular formula is C17H21ClN2O2. The van der Waals surface area contributed by atoms with Gasteiger partial charge in [-0.05, 0) is 55.9 Å². The molecule has 0 spiro atoms. The lowest BCUT2D eigenvalue weighted by Gasteiger charge is -2.33. The molecular weight excluding hydrogens is 300 g/mol. The summed E-state index contributed by atoms with van der Waals surface area (Å²) in [7, 11) is 0. The fraction of sp³-hybridized carbons (Fsp3) is 0.529. The van der Waals surface area contributed by atoms with Crippen molar-refractivity contribution in [2.24, 2.45) is 11.3 Å². The van der Waals surface area contributed by atoms with Crippen LogP contribution in [-0.4, -0.2) is 29.8 Å². The number of halogens is 1. The third-order valence-corrected chi connectivity index (χ3v) is 4.89. The molecule has 1 aliphatic heterocycles. The minimum Gasteiger partial charge on any atom is -0.342 e. The highest BCUT2D eigenvalue weighted by Gasteiger charge is 2.58. The number of rotatable bonds is 3. The molecule has 118 valence electrons. The maximum atomic E-state index is 12.8. The molecule has 2 amide bonds. The smallest absolute Gasteiger partial charge is 0.240 e. The van der Waals surface area contributed by atoms with Crippen LogP contribution in [0, 0.1) is 11.3 Å². The zero-order valence-electron chi connectivity index (χ0n) is 12.8. The largest absolute Gasteiger partial charge is 0.342 e. The van der Waals surface area contributed by atoms with Crippen LogP contribution in [0.1, 0.15) is 32.6 Å². The molecule has 1 heterocycles. The first-order valence-electron chi connectivity index (χ1n) is 7.88. The summed E-state index contributed by atoms with van der Waals surface area (Å²) >= 11 is 5.84. The van der Waals surface area contributed by atoms with E-state index in [1.165, 1.54) is 0 Å². The monoisotopic (exact) mass is 320 g/mol. The molecule has 1 aromatic rings. The van der Waals surface area contributed by atoms with Gasteiger partial charge in [-0.25, -0.2) is 0 Å². The van der Waals surface area contributed by atoms with E-state index < -0.39 is 5.41 Å². The first kappa shape index (κ1) is 15.3. The van der Waals surface area contributed by atoms with Gasteiger partial charge in [-0.3, -0.25) is 9.59 Å². The quantitative estimate of drug-likeness (QED) is 0.869. The zero-order valence-corrected chi connectivity index (χ0v) is 13.5. The van der Waals surface area contributed by atoms with Crippen LogP contribution in [-0.2, 0) is 9.59 Å². The van der Waals surface area contributed by atoms with Crippen LogP contribution in [0.2, 0.25) is 5.02 Å². The van der Waals surface area contributed by atoms with Gasteiger partial charge in [0, 0.05) is 23.8 Å². The van der Waals surface area contributed by atoms with Gasteiger partial charge < -0.3 is 10.2 Å². The average Bonchev–Trinajstić information content (AvgIpc) is 3.30. The normalized spacial score (nSPS) is 23.0. The second kappa shape index (κ2) is 5.92. The lowest BCUT2D eigenvalue weighted by atomic mass is 9.96. The molecule has 4 nitrogen and oxygen atoms in total. The van der Waals surface area contributed by atoms with Crippen molar-refractivity contribution >= 4 is 29.1 Å². The molecule has 0 aromatic heterocycles. The van der Waals surface area contributed by atoms with Crippen LogP contribution in [0.3, 0.4) is 0 Å². The van der Waals surface area contributed by atoms with Crippen molar-refractivity contribution < 1.29 is 9.59 Å². The maximum absolute atomic E-state index is 12.8. The van der Waals surface area contributed by atoms with E-state index in [4.69, 9.17) is 11.6 Å². The Bertz CT molecular complexity index is 581. The SMILES string of the molecule is CC1CCCN(C(=O)C2(C(=O)Nc3ccc(Cl)cc3)CC2)C1. The number of hydrogen-bond acceptors (Lipinski definition) is 2. The Morgan fingerprint density at radius 2 is 1.95 bits per heavy atom. The summed E-state index contributed by atoms with van der Waals surface area (Å²) in [4.78, 5) is 27.2. The molecule has 2 fully saturated rings. The van der Waals surface area contributed by atoms with E-state index in [1.807, 2.05) is 4.90 Å². The number of benzene rings is 1. The van der Waals surface area contributed by atoms with Crippen LogP contribution < -0.4 is 5.32 Å². The van der Waals surface area contributed by atoms with Gasteiger partial charge in [-0.2, -0.15) is 0 Å². The predicted octanol–water partition coefficient (Wildman–Crippen LogP) is 3.32. The number of nitrogens with zero attached hydrogens (tertiary/aromatic N) is 1. The van der Waals surface area contributed by atoms with E-state index in [0.29, 0.717) is 29.5 Å². The minimum absolute atomic E-state index is 0.00511. The third kappa shape index (κ3) is 2.98. The highest BCUT2D eigenvalue weighted by Crippen LogP contribution is 2.48. The lowest BCUT2D eigenvalue weighted by Crippen LogP contribution is -2.46. The summed E-state index contributed by atoms with van der Waals surface area (Å²) in [6, 6.07) is 6.96. The van der Waals surface area contributed by atoms with Crippen LogP contribution in [0.25, 0.3) is 0 Å². The van der Waals surface area contributed by atoms with Gasteiger partial charge in [-0.15, -0.1) is 0 Å². The predicted molar refractivity (Wildman–Crippen MR) is 86.7 cm³/mol. The second-order valence-corrected chi connectivity index (χ2v) is 6.98.